The predicted octanol–water partition coefficient (Wildman–Crippen LogP) is 2.96. The Bertz CT molecular complexity index is 618. The number of phenols is 1. The van der Waals surface area contributed by atoms with Gasteiger partial charge in [-0.3, -0.25) is 0 Å². The van der Waals surface area contributed by atoms with Gasteiger partial charge < -0.3 is 10.2 Å². The largest absolute Gasteiger partial charge is 0.507 e. The molecule has 0 aliphatic carbocycles. The van der Waals surface area contributed by atoms with Gasteiger partial charge in [-0.1, -0.05) is 12.1 Å². The molecule has 5 heteroatoms. The van der Waals surface area contributed by atoms with Crippen molar-refractivity contribution < 1.29 is 23.8 Å². The highest BCUT2D eigenvalue weighted by molar-refractivity contribution is 5.90. The first-order chi connectivity index (χ1) is 8.99. The second-order valence-corrected chi connectivity index (χ2v) is 4.03. The van der Waals surface area contributed by atoms with Crippen LogP contribution in [0.1, 0.15) is 21.5 Å². The van der Waals surface area contributed by atoms with Crippen LogP contribution in [0.2, 0.25) is 0 Å². The number of hydrogen-bond acceptors (Lipinski definition) is 2. The average molecular weight is 264 g/mol. The highest BCUT2D eigenvalue weighted by atomic mass is 19.1. The maximum Gasteiger partial charge on any atom is 0.339 e. The lowest BCUT2D eigenvalue weighted by Gasteiger charge is -2.07. The van der Waals surface area contributed by atoms with Gasteiger partial charge in [0.05, 0.1) is 0 Å². The number of rotatable bonds is 3. The van der Waals surface area contributed by atoms with Gasteiger partial charge in [-0.15, -0.1) is 0 Å². The van der Waals surface area contributed by atoms with Gasteiger partial charge in [0.25, 0.3) is 0 Å². The van der Waals surface area contributed by atoms with Crippen LogP contribution in [-0.2, 0) is 6.42 Å². The van der Waals surface area contributed by atoms with E-state index >= 15 is 0 Å². The Morgan fingerprint density at radius 1 is 1.11 bits per heavy atom. The van der Waals surface area contributed by atoms with Crippen molar-refractivity contribution >= 4 is 5.97 Å². The van der Waals surface area contributed by atoms with Gasteiger partial charge in [0.2, 0.25) is 0 Å². The molecule has 3 nitrogen and oxygen atoms in total. The lowest BCUT2D eigenvalue weighted by molar-refractivity contribution is 0.0693. The minimum Gasteiger partial charge on any atom is -0.507 e. The van der Waals surface area contributed by atoms with Gasteiger partial charge in [-0.2, -0.15) is 0 Å². The summed E-state index contributed by atoms with van der Waals surface area (Å²) in [6, 6.07) is 7.34. The Morgan fingerprint density at radius 2 is 1.74 bits per heavy atom. The van der Waals surface area contributed by atoms with Crippen molar-refractivity contribution in [2.24, 2.45) is 0 Å². The Labute approximate surface area is 107 Å². The average Bonchev–Trinajstić information content (AvgIpc) is 2.35. The van der Waals surface area contributed by atoms with Crippen LogP contribution in [0.3, 0.4) is 0 Å². The predicted molar refractivity (Wildman–Crippen MR) is 64.2 cm³/mol. The van der Waals surface area contributed by atoms with Crippen molar-refractivity contribution in [3.63, 3.8) is 0 Å². The molecule has 0 saturated heterocycles. The fourth-order valence-electron chi connectivity index (χ4n) is 1.77. The molecule has 0 aromatic heterocycles. The van der Waals surface area contributed by atoms with Crippen molar-refractivity contribution in [2.45, 2.75) is 6.42 Å². The third-order valence-electron chi connectivity index (χ3n) is 2.73. The summed E-state index contributed by atoms with van der Waals surface area (Å²) in [5.41, 5.74) is -0.0297. The zero-order chi connectivity index (χ0) is 14.0. The monoisotopic (exact) mass is 264 g/mol. The molecule has 0 unspecified atom stereocenters. The molecule has 0 fully saturated rings. The summed E-state index contributed by atoms with van der Waals surface area (Å²) in [4.78, 5) is 10.9. The molecule has 19 heavy (non-hydrogen) atoms. The van der Waals surface area contributed by atoms with E-state index < -0.39 is 17.6 Å². The molecule has 0 atom stereocenters. The molecule has 0 aliphatic heterocycles. The Hall–Kier alpha value is -2.43. The number of aromatic carboxylic acids is 1. The summed E-state index contributed by atoms with van der Waals surface area (Å²) >= 11 is 0. The van der Waals surface area contributed by atoms with Crippen LogP contribution >= 0.6 is 0 Å². The van der Waals surface area contributed by atoms with Crippen LogP contribution in [0.4, 0.5) is 8.78 Å². The van der Waals surface area contributed by atoms with Crippen LogP contribution < -0.4 is 0 Å². The van der Waals surface area contributed by atoms with Crippen molar-refractivity contribution in [3.05, 3.63) is 64.7 Å². The molecule has 0 saturated carbocycles. The van der Waals surface area contributed by atoms with Gasteiger partial charge in [0, 0.05) is 12.0 Å². The van der Waals surface area contributed by atoms with Gasteiger partial charge in [0.15, 0.2) is 0 Å². The second-order valence-electron chi connectivity index (χ2n) is 4.03. The molecular weight excluding hydrogens is 254 g/mol. The normalized spacial score (nSPS) is 10.4. The molecule has 2 aromatic carbocycles. The fraction of sp³-hybridized carbons (Fsp3) is 0.0714. The summed E-state index contributed by atoms with van der Waals surface area (Å²) in [5, 5.41) is 18.2. The van der Waals surface area contributed by atoms with E-state index in [9.17, 15) is 18.7 Å². The third kappa shape index (κ3) is 2.70. The Balaban J connectivity index is 2.39. The summed E-state index contributed by atoms with van der Waals surface area (Å²) in [7, 11) is 0. The van der Waals surface area contributed by atoms with E-state index in [0.29, 0.717) is 5.56 Å². The molecule has 0 heterocycles. The number of carboxylic acids is 1. The fourth-order valence-corrected chi connectivity index (χ4v) is 1.77. The van der Waals surface area contributed by atoms with Crippen molar-refractivity contribution in [2.75, 3.05) is 0 Å². The highest BCUT2D eigenvalue weighted by Gasteiger charge is 2.13. The topological polar surface area (TPSA) is 57.5 Å². The van der Waals surface area contributed by atoms with Crippen molar-refractivity contribution in [1.29, 1.82) is 0 Å². The zero-order valence-electron chi connectivity index (χ0n) is 9.73. The number of benzene rings is 2. The van der Waals surface area contributed by atoms with E-state index in [4.69, 9.17) is 5.11 Å². The molecular formula is C14H10F2O3. The maximum absolute atomic E-state index is 13.5. The molecule has 0 aliphatic rings. The summed E-state index contributed by atoms with van der Waals surface area (Å²) in [6.45, 7) is 0. The van der Waals surface area contributed by atoms with E-state index in [1.807, 2.05) is 0 Å². The van der Waals surface area contributed by atoms with Gasteiger partial charge in [-0.25, -0.2) is 13.6 Å². The van der Waals surface area contributed by atoms with Crippen LogP contribution in [-0.4, -0.2) is 16.2 Å². The Morgan fingerprint density at radius 3 is 2.32 bits per heavy atom. The van der Waals surface area contributed by atoms with E-state index in [2.05, 4.69) is 0 Å². The van der Waals surface area contributed by atoms with Gasteiger partial charge >= 0.3 is 5.97 Å². The number of carboxylic acid groups (broad SMARTS) is 1. The second kappa shape index (κ2) is 5.06. The van der Waals surface area contributed by atoms with Crippen LogP contribution in [0.15, 0.2) is 36.4 Å². The van der Waals surface area contributed by atoms with Crippen molar-refractivity contribution in [3.8, 4) is 5.75 Å². The minimum atomic E-state index is -1.30. The minimum absolute atomic E-state index is 0.0843. The van der Waals surface area contributed by atoms with Crippen LogP contribution in [0.25, 0.3) is 0 Å². The van der Waals surface area contributed by atoms with Crippen molar-refractivity contribution in [1.82, 2.24) is 0 Å². The van der Waals surface area contributed by atoms with E-state index in [1.165, 1.54) is 24.3 Å². The molecule has 2 rings (SSSR count). The number of hydrogen-bond donors (Lipinski definition) is 2. The highest BCUT2D eigenvalue weighted by Crippen LogP contribution is 2.22. The Kier molecular flexibility index (Phi) is 3.46. The summed E-state index contributed by atoms with van der Waals surface area (Å²) < 4.78 is 26.9. The standard InChI is InChI=1S/C14H10F2O3/c15-11-2-1-3-12(16)9(11)6-8-4-5-13(17)10(7-8)14(18)19/h1-5,7,17H,6H2,(H,18,19). The quantitative estimate of drug-likeness (QED) is 0.896. The van der Waals surface area contributed by atoms with Gasteiger partial charge in [0.1, 0.15) is 22.9 Å². The first kappa shape index (κ1) is 13.0. The van der Waals surface area contributed by atoms with E-state index in [0.717, 1.165) is 12.1 Å². The molecule has 2 aromatic rings. The first-order valence-corrected chi connectivity index (χ1v) is 5.47. The number of carbonyl (C=O) groups is 1. The molecule has 0 radical (unpaired) electrons. The molecule has 2 N–H and O–H groups in total. The SMILES string of the molecule is O=C(O)c1cc(Cc2c(F)cccc2F)ccc1O. The summed E-state index contributed by atoms with van der Waals surface area (Å²) in [6.07, 6.45) is -0.0843. The van der Waals surface area contributed by atoms with E-state index in [-0.39, 0.29) is 23.3 Å². The molecule has 98 valence electrons. The zero-order valence-corrected chi connectivity index (χ0v) is 9.73. The van der Waals surface area contributed by atoms with Gasteiger partial charge in [-0.05, 0) is 29.8 Å². The lowest BCUT2D eigenvalue weighted by atomic mass is 10.0. The first-order valence-electron chi connectivity index (χ1n) is 5.47. The van der Waals surface area contributed by atoms with Crippen LogP contribution in [0.5, 0.6) is 5.75 Å². The number of halogens is 2. The number of aromatic hydroxyl groups is 1. The molecule has 0 spiro atoms. The smallest absolute Gasteiger partial charge is 0.339 e. The molecule has 0 bridgehead atoms. The van der Waals surface area contributed by atoms with Crippen LogP contribution in [0, 0.1) is 11.6 Å². The van der Waals surface area contributed by atoms with E-state index in [1.54, 1.807) is 0 Å². The summed E-state index contributed by atoms with van der Waals surface area (Å²) in [5.74, 6) is -3.06. The lowest BCUT2D eigenvalue weighted by Crippen LogP contribution is -2.01. The maximum atomic E-state index is 13.5. The molecule has 0 amide bonds. The third-order valence-corrected chi connectivity index (χ3v) is 2.73.